The molecule has 1 aromatic heterocycles. The molecule has 1 atom stereocenters. The molecule has 2 rings (SSSR count). The lowest BCUT2D eigenvalue weighted by Crippen LogP contribution is -2.12. The molecule has 0 radical (unpaired) electrons. The van der Waals surface area contributed by atoms with Gasteiger partial charge in [-0.25, -0.2) is 4.79 Å². The van der Waals surface area contributed by atoms with E-state index in [1.807, 2.05) is 0 Å². The van der Waals surface area contributed by atoms with Gasteiger partial charge in [0.25, 0.3) is 0 Å². The lowest BCUT2D eigenvalue weighted by atomic mass is 9.94. The lowest BCUT2D eigenvalue weighted by Gasteiger charge is -2.16. The van der Waals surface area contributed by atoms with Crippen LogP contribution in [0.3, 0.4) is 0 Å². The normalized spacial score (nSPS) is 19.7. The predicted octanol–water partition coefficient (Wildman–Crippen LogP) is 0.956. The van der Waals surface area contributed by atoms with Crippen LogP contribution < -0.4 is 0 Å². The van der Waals surface area contributed by atoms with Gasteiger partial charge in [-0.2, -0.15) is 5.10 Å². The van der Waals surface area contributed by atoms with Gasteiger partial charge in [0.05, 0.1) is 18.4 Å². The molecule has 0 spiro atoms. The minimum absolute atomic E-state index is 0.325. The Bertz CT molecular complexity index is 373. The summed E-state index contributed by atoms with van der Waals surface area (Å²) in [6, 6.07) is 0. The maximum atomic E-state index is 11.5. The number of rotatable bonds is 2. The van der Waals surface area contributed by atoms with Crippen LogP contribution in [0.1, 0.15) is 47.6 Å². The first-order chi connectivity index (χ1) is 7.24. The van der Waals surface area contributed by atoms with E-state index < -0.39 is 12.1 Å². The minimum Gasteiger partial charge on any atom is -0.461 e. The van der Waals surface area contributed by atoms with Gasteiger partial charge in [0.15, 0.2) is 5.69 Å². The Morgan fingerprint density at radius 2 is 2.53 bits per heavy atom. The second-order valence-electron chi connectivity index (χ2n) is 3.59. The molecule has 1 aromatic rings. The van der Waals surface area contributed by atoms with Crippen molar-refractivity contribution in [2.75, 3.05) is 6.61 Å². The maximum Gasteiger partial charge on any atom is 0.359 e. The Balaban J connectivity index is 2.30. The number of nitrogens with zero attached hydrogens (tertiary/aromatic N) is 1. The summed E-state index contributed by atoms with van der Waals surface area (Å²) >= 11 is 0. The number of aliphatic hydroxyl groups is 1. The van der Waals surface area contributed by atoms with E-state index in [1.54, 1.807) is 6.92 Å². The number of esters is 1. The van der Waals surface area contributed by atoms with E-state index in [2.05, 4.69) is 10.2 Å². The molecule has 0 fully saturated rings. The zero-order valence-corrected chi connectivity index (χ0v) is 8.62. The van der Waals surface area contributed by atoms with Gasteiger partial charge >= 0.3 is 5.97 Å². The van der Waals surface area contributed by atoms with Crippen LogP contribution in [0.15, 0.2) is 0 Å². The van der Waals surface area contributed by atoms with Gasteiger partial charge < -0.3 is 9.84 Å². The molecule has 1 unspecified atom stereocenters. The molecule has 1 aliphatic rings. The summed E-state index contributed by atoms with van der Waals surface area (Å²) in [5, 5.41) is 16.3. The van der Waals surface area contributed by atoms with E-state index in [1.165, 1.54) is 0 Å². The Morgan fingerprint density at radius 3 is 3.27 bits per heavy atom. The second kappa shape index (κ2) is 4.02. The number of aromatic nitrogens is 2. The number of hydrogen-bond acceptors (Lipinski definition) is 4. The summed E-state index contributed by atoms with van der Waals surface area (Å²) in [4.78, 5) is 11.5. The fourth-order valence-corrected chi connectivity index (χ4v) is 1.89. The molecule has 1 heterocycles. The second-order valence-corrected chi connectivity index (χ2v) is 3.59. The van der Waals surface area contributed by atoms with E-state index >= 15 is 0 Å². The molecular formula is C10H14N2O3. The number of ether oxygens (including phenoxy) is 1. The quantitative estimate of drug-likeness (QED) is 0.713. The zero-order chi connectivity index (χ0) is 10.8. The molecule has 2 N–H and O–H groups in total. The van der Waals surface area contributed by atoms with Gasteiger partial charge in [0.1, 0.15) is 0 Å². The van der Waals surface area contributed by atoms with E-state index in [0.29, 0.717) is 18.0 Å². The molecule has 0 aliphatic heterocycles. The fraction of sp³-hybridized carbons (Fsp3) is 0.600. The Morgan fingerprint density at radius 1 is 1.73 bits per heavy atom. The van der Waals surface area contributed by atoms with Crippen LogP contribution in [0.5, 0.6) is 0 Å². The molecule has 0 amide bonds. The largest absolute Gasteiger partial charge is 0.461 e. The topological polar surface area (TPSA) is 75.2 Å². The summed E-state index contributed by atoms with van der Waals surface area (Å²) in [7, 11) is 0. The van der Waals surface area contributed by atoms with Crippen LogP contribution in [0.25, 0.3) is 0 Å². The number of aliphatic hydroxyl groups excluding tert-OH is 1. The third kappa shape index (κ3) is 1.74. The summed E-state index contributed by atoms with van der Waals surface area (Å²) in [6.45, 7) is 2.09. The monoisotopic (exact) mass is 210 g/mol. The summed E-state index contributed by atoms with van der Waals surface area (Å²) in [5.74, 6) is -0.413. The van der Waals surface area contributed by atoms with Gasteiger partial charge in [-0.15, -0.1) is 0 Å². The minimum atomic E-state index is -0.524. The predicted molar refractivity (Wildman–Crippen MR) is 52.4 cm³/mol. The molecule has 5 heteroatoms. The fourth-order valence-electron chi connectivity index (χ4n) is 1.89. The number of H-pyrrole nitrogens is 1. The highest BCUT2D eigenvalue weighted by Crippen LogP contribution is 2.29. The molecule has 82 valence electrons. The van der Waals surface area contributed by atoms with Gasteiger partial charge in [0.2, 0.25) is 0 Å². The van der Waals surface area contributed by atoms with E-state index in [4.69, 9.17) is 4.74 Å². The van der Waals surface area contributed by atoms with Crippen LogP contribution in [-0.2, 0) is 11.2 Å². The number of aromatic amines is 1. The van der Waals surface area contributed by atoms with Gasteiger partial charge in [-0.05, 0) is 26.2 Å². The molecule has 5 nitrogen and oxygen atoms in total. The van der Waals surface area contributed by atoms with Crippen LogP contribution in [0.4, 0.5) is 0 Å². The van der Waals surface area contributed by atoms with Crippen molar-refractivity contribution in [1.29, 1.82) is 0 Å². The van der Waals surface area contributed by atoms with E-state index in [9.17, 15) is 9.90 Å². The highest BCUT2D eigenvalue weighted by Gasteiger charge is 2.27. The molecule has 0 bridgehead atoms. The highest BCUT2D eigenvalue weighted by molar-refractivity contribution is 5.89. The molecule has 0 saturated carbocycles. The van der Waals surface area contributed by atoms with Crippen LogP contribution in [-0.4, -0.2) is 27.9 Å². The average Bonchev–Trinajstić information content (AvgIpc) is 2.63. The van der Waals surface area contributed by atoms with Crippen molar-refractivity contribution in [3.63, 3.8) is 0 Å². The molecule has 0 aromatic carbocycles. The van der Waals surface area contributed by atoms with Gasteiger partial charge in [0, 0.05) is 5.56 Å². The van der Waals surface area contributed by atoms with Crippen molar-refractivity contribution in [3.05, 3.63) is 17.0 Å². The van der Waals surface area contributed by atoms with E-state index in [-0.39, 0.29) is 0 Å². The summed E-state index contributed by atoms with van der Waals surface area (Å²) in [5.41, 5.74) is 1.81. The zero-order valence-electron chi connectivity index (χ0n) is 8.62. The van der Waals surface area contributed by atoms with Crippen molar-refractivity contribution in [2.45, 2.75) is 32.3 Å². The number of carbonyl (C=O) groups excluding carboxylic acids is 1. The summed E-state index contributed by atoms with van der Waals surface area (Å²) in [6.07, 6.45) is 1.85. The SMILES string of the molecule is CCOC(=O)c1n[nH]c2c1CCCC2O. The molecular weight excluding hydrogens is 196 g/mol. The standard InChI is InChI=1S/C10H14N2O3/c1-2-15-10(14)9-6-4-3-5-7(13)8(6)11-12-9/h7,13H,2-5H2,1H3,(H,11,12). The van der Waals surface area contributed by atoms with Gasteiger partial charge in [-0.3, -0.25) is 5.10 Å². The Labute approximate surface area is 87.4 Å². The highest BCUT2D eigenvalue weighted by atomic mass is 16.5. The third-order valence-electron chi connectivity index (χ3n) is 2.61. The smallest absolute Gasteiger partial charge is 0.359 e. The first kappa shape index (κ1) is 10.2. The molecule has 1 aliphatic carbocycles. The first-order valence-electron chi connectivity index (χ1n) is 5.16. The van der Waals surface area contributed by atoms with Crippen molar-refractivity contribution < 1.29 is 14.6 Å². The summed E-state index contributed by atoms with van der Waals surface area (Å²) < 4.78 is 4.88. The number of hydrogen-bond donors (Lipinski definition) is 2. The first-order valence-corrected chi connectivity index (χ1v) is 5.16. The average molecular weight is 210 g/mol. The van der Waals surface area contributed by atoms with Gasteiger partial charge in [-0.1, -0.05) is 0 Å². The number of carbonyl (C=O) groups is 1. The maximum absolute atomic E-state index is 11.5. The molecule has 15 heavy (non-hydrogen) atoms. The Hall–Kier alpha value is -1.36. The van der Waals surface area contributed by atoms with Crippen LogP contribution in [0.2, 0.25) is 0 Å². The van der Waals surface area contributed by atoms with Crippen molar-refractivity contribution in [2.24, 2.45) is 0 Å². The lowest BCUT2D eigenvalue weighted by molar-refractivity contribution is 0.0518. The number of fused-ring (bicyclic) bond motifs is 1. The van der Waals surface area contributed by atoms with Crippen molar-refractivity contribution >= 4 is 5.97 Å². The molecule has 0 saturated heterocycles. The van der Waals surface area contributed by atoms with Crippen LogP contribution >= 0.6 is 0 Å². The number of nitrogens with one attached hydrogen (secondary N) is 1. The third-order valence-corrected chi connectivity index (χ3v) is 2.61. The van der Waals surface area contributed by atoms with E-state index in [0.717, 1.165) is 24.8 Å². The van der Waals surface area contributed by atoms with Crippen molar-refractivity contribution in [1.82, 2.24) is 10.2 Å². The Kier molecular flexibility index (Phi) is 2.73. The van der Waals surface area contributed by atoms with Crippen molar-refractivity contribution in [3.8, 4) is 0 Å². The van der Waals surface area contributed by atoms with Crippen LogP contribution in [0, 0.1) is 0 Å².